The van der Waals surface area contributed by atoms with Gasteiger partial charge in [-0.15, -0.1) is 0 Å². The van der Waals surface area contributed by atoms with Crippen molar-refractivity contribution in [3.63, 3.8) is 0 Å². The Labute approximate surface area is 113 Å². The summed E-state index contributed by atoms with van der Waals surface area (Å²) in [5, 5.41) is 0. The van der Waals surface area contributed by atoms with E-state index in [1.165, 1.54) is 0 Å². The first-order valence-electron chi connectivity index (χ1n) is 6.34. The summed E-state index contributed by atoms with van der Waals surface area (Å²) in [7, 11) is 0. The van der Waals surface area contributed by atoms with E-state index in [-0.39, 0.29) is 12.1 Å². The van der Waals surface area contributed by atoms with E-state index in [9.17, 15) is 0 Å². The summed E-state index contributed by atoms with van der Waals surface area (Å²) < 4.78 is 5.83. The molecule has 1 unspecified atom stereocenters. The summed E-state index contributed by atoms with van der Waals surface area (Å²) in [6.45, 7) is 4.01. The predicted molar refractivity (Wildman–Crippen MR) is 75.6 cm³/mol. The van der Waals surface area contributed by atoms with Crippen molar-refractivity contribution in [2.75, 3.05) is 0 Å². The molecule has 0 bridgehead atoms. The summed E-state index contributed by atoms with van der Waals surface area (Å²) >= 11 is 0. The Bertz CT molecular complexity index is 514. The Balaban J connectivity index is 2.38. The van der Waals surface area contributed by atoms with E-state index >= 15 is 0 Å². The van der Waals surface area contributed by atoms with Gasteiger partial charge in [-0.1, -0.05) is 24.3 Å². The fourth-order valence-corrected chi connectivity index (χ4v) is 1.99. The van der Waals surface area contributed by atoms with Gasteiger partial charge in [0, 0.05) is 18.0 Å². The molecule has 0 radical (unpaired) electrons. The predicted octanol–water partition coefficient (Wildman–Crippen LogP) is 2.42. The number of aromatic nitrogens is 1. The quantitative estimate of drug-likeness (QED) is 0.638. The van der Waals surface area contributed by atoms with E-state index in [0.717, 1.165) is 16.9 Å². The van der Waals surface area contributed by atoms with Crippen LogP contribution in [0.2, 0.25) is 0 Å². The standard InChI is InChI=1S/C15H19N3O/c1-11(2)19-14-8-4-3-7-13(14)15(18-16)12-6-5-9-17-10-12/h3-11,15,18H,16H2,1-2H3. The third-order valence-corrected chi connectivity index (χ3v) is 2.78. The molecule has 0 aliphatic heterocycles. The van der Waals surface area contributed by atoms with Crippen LogP contribution in [0.4, 0.5) is 0 Å². The van der Waals surface area contributed by atoms with Crippen LogP contribution in [0, 0.1) is 0 Å². The monoisotopic (exact) mass is 257 g/mol. The van der Waals surface area contributed by atoms with Crippen molar-refractivity contribution < 1.29 is 4.74 Å². The van der Waals surface area contributed by atoms with Crippen LogP contribution in [0.15, 0.2) is 48.8 Å². The molecule has 4 nitrogen and oxygen atoms in total. The summed E-state index contributed by atoms with van der Waals surface area (Å²) in [6.07, 6.45) is 3.66. The van der Waals surface area contributed by atoms with Crippen LogP contribution in [-0.2, 0) is 0 Å². The molecule has 4 heteroatoms. The lowest BCUT2D eigenvalue weighted by atomic mass is 10.00. The zero-order valence-corrected chi connectivity index (χ0v) is 11.2. The van der Waals surface area contributed by atoms with Gasteiger partial charge < -0.3 is 4.74 Å². The molecule has 3 N–H and O–H groups in total. The van der Waals surface area contributed by atoms with Crippen molar-refractivity contribution in [3.05, 3.63) is 59.9 Å². The zero-order chi connectivity index (χ0) is 13.7. The van der Waals surface area contributed by atoms with Gasteiger partial charge in [-0.2, -0.15) is 0 Å². The Morgan fingerprint density at radius 1 is 1.16 bits per heavy atom. The molecule has 100 valence electrons. The SMILES string of the molecule is CC(C)Oc1ccccc1C(NN)c1cccnc1. The van der Waals surface area contributed by atoms with Crippen LogP contribution >= 0.6 is 0 Å². The number of ether oxygens (including phenoxy) is 1. The fourth-order valence-electron chi connectivity index (χ4n) is 1.99. The second-order valence-electron chi connectivity index (χ2n) is 4.59. The Kier molecular flexibility index (Phi) is 4.49. The van der Waals surface area contributed by atoms with Gasteiger partial charge in [0.05, 0.1) is 12.1 Å². The van der Waals surface area contributed by atoms with Crippen molar-refractivity contribution in [2.24, 2.45) is 5.84 Å². The van der Waals surface area contributed by atoms with Crippen molar-refractivity contribution in [2.45, 2.75) is 26.0 Å². The first-order valence-corrected chi connectivity index (χ1v) is 6.34. The molecule has 0 spiro atoms. The average molecular weight is 257 g/mol. The molecule has 0 saturated heterocycles. The molecular formula is C15H19N3O. The number of hydrogen-bond donors (Lipinski definition) is 2. The van der Waals surface area contributed by atoms with Gasteiger partial charge in [-0.25, -0.2) is 5.43 Å². The molecule has 0 aliphatic rings. The maximum Gasteiger partial charge on any atom is 0.124 e. The van der Waals surface area contributed by atoms with Crippen molar-refractivity contribution in [1.82, 2.24) is 10.4 Å². The van der Waals surface area contributed by atoms with Crippen molar-refractivity contribution >= 4 is 0 Å². The van der Waals surface area contributed by atoms with E-state index in [1.54, 1.807) is 12.4 Å². The number of hydrogen-bond acceptors (Lipinski definition) is 4. The largest absolute Gasteiger partial charge is 0.491 e. The van der Waals surface area contributed by atoms with Crippen LogP contribution in [0.5, 0.6) is 5.75 Å². The number of nitrogens with one attached hydrogen (secondary N) is 1. The topological polar surface area (TPSA) is 60.2 Å². The van der Waals surface area contributed by atoms with Gasteiger partial charge >= 0.3 is 0 Å². The van der Waals surface area contributed by atoms with Crippen LogP contribution in [0.1, 0.15) is 31.0 Å². The van der Waals surface area contributed by atoms with Gasteiger partial charge in [-0.3, -0.25) is 10.8 Å². The number of pyridine rings is 1. The van der Waals surface area contributed by atoms with Gasteiger partial charge in [0.2, 0.25) is 0 Å². The van der Waals surface area contributed by atoms with Gasteiger partial charge in [0.1, 0.15) is 5.75 Å². The lowest BCUT2D eigenvalue weighted by Gasteiger charge is -2.21. The fraction of sp³-hybridized carbons (Fsp3) is 0.267. The smallest absolute Gasteiger partial charge is 0.124 e. The molecule has 2 aromatic rings. The van der Waals surface area contributed by atoms with Gasteiger partial charge in [0.15, 0.2) is 0 Å². The van der Waals surface area contributed by atoms with Crippen molar-refractivity contribution in [3.8, 4) is 5.75 Å². The van der Waals surface area contributed by atoms with Crippen LogP contribution in [-0.4, -0.2) is 11.1 Å². The van der Waals surface area contributed by atoms with Gasteiger partial charge in [-0.05, 0) is 31.5 Å². The number of benzene rings is 1. The molecule has 0 fully saturated rings. The highest BCUT2D eigenvalue weighted by Crippen LogP contribution is 2.29. The summed E-state index contributed by atoms with van der Waals surface area (Å²) in [4.78, 5) is 4.13. The number of nitrogens with two attached hydrogens (primary N) is 1. The Hall–Kier alpha value is -1.91. The zero-order valence-electron chi connectivity index (χ0n) is 11.2. The number of hydrazine groups is 1. The molecule has 0 saturated carbocycles. The molecular weight excluding hydrogens is 238 g/mol. The second-order valence-corrected chi connectivity index (χ2v) is 4.59. The number of para-hydroxylation sites is 1. The lowest BCUT2D eigenvalue weighted by Crippen LogP contribution is -2.29. The molecule has 0 amide bonds. The first-order chi connectivity index (χ1) is 9.22. The van der Waals surface area contributed by atoms with E-state index in [0.29, 0.717) is 0 Å². The highest BCUT2D eigenvalue weighted by atomic mass is 16.5. The van der Waals surface area contributed by atoms with E-state index in [2.05, 4.69) is 10.4 Å². The normalized spacial score (nSPS) is 12.4. The Morgan fingerprint density at radius 2 is 1.95 bits per heavy atom. The minimum atomic E-state index is -0.136. The average Bonchev–Trinajstić information content (AvgIpc) is 2.42. The molecule has 1 aromatic carbocycles. The molecule has 2 rings (SSSR count). The molecule has 19 heavy (non-hydrogen) atoms. The van der Waals surface area contributed by atoms with Gasteiger partial charge in [0.25, 0.3) is 0 Å². The first kappa shape index (κ1) is 13.5. The van der Waals surface area contributed by atoms with E-state index in [4.69, 9.17) is 10.6 Å². The van der Waals surface area contributed by atoms with Crippen LogP contribution in [0.25, 0.3) is 0 Å². The second kappa shape index (κ2) is 6.31. The summed E-state index contributed by atoms with van der Waals surface area (Å²) in [5.41, 5.74) is 4.84. The molecule has 1 atom stereocenters. The minimum Gasteiger partial charge on any atom is -0.491 e. The van der Waals surface area contributed by atoms with Crippen molar-refractivity contribution in [1.29, 1.82) is 0 Å². The minimum absolute atomic E-state index is 0.119. The van der Waals surface area contributed by atoms with E-state index < -0.39 is 0 Å². The highest BCUT2D eigenvalue weighted by molar-refractivity contribution is 5.40. The number of nitrogens with zero attached hydrogens (tertiary/aromatic N) is 1. The van der Waals surface area contributed by atoms with Crippen LogP contribution in [0.3, 0.4) is 0 Å². The third-order valence-electron chi connectivity index (χ3n) is 2.78. The summed E-state index contributed by atoms with van der Waals surface area (Å²) in [5.74, 6) is 6.54. The lowest BCUT2D eigenvalue weighted by molar-refractivity contribution is 0.238. The maximum atomic E-state index is 5.83. The van der Waals surface area contributed by atoms with Crippen LogP contribution < -0.4 is 16.0 Å². The maximum absolute atomic E-state index is 5.83. The summed E-state index contributed by atoms with van der Waals surface area (Å²) in [6, 6.07) is 11.6. The molecule has 1 aromatic heterocycles. The third kappa shape index (κ3) is 3.30. The van der Waals surface area contributed by atoms with E-state index in [1.807, 2.05) is 50.2 Å². The molecule has 1 heterocycles. The number of rotatable bonds is 5. The highest BCUT2D eigenvalue weighted by Gasteiger charge is 2.17. The Morgan fingerprint density at radius 3 is 2.58 bits per heavy atom. The molecule has 0 aliphatic carbocycles.